The Labute approximate surface area is 231 Å². The van der Waals surface area contributed by atoms with Crippen molar-refractivity contribution in [2.75, 3.05) is 105 Å². The molecule has 0 saturated heterocycles. The predicted octanol–water partition coefficient (Wildman–Crippen LogP) is 2.80. The van der Waals surface area contributed by atoms with Gasteiger partial charge in [0.05, 0.1) is 58.9 Å². The van der Waals surface area contributed by atoms with Crippen molar-refractivity contribution in [2.24, 2.45) is 0 Å². The van der Waals surface area contributed by atoms with Crippen LogP contribution in [0.25, 0.3) is 22.6 Å². The summed E-state index contributed by atoms with van der Waals surface area (Å²) in [5, 5.41) is 4.41. The van der Waals surface area contributed by atoms with Gasteiger partial charge in [0.2, 0.25) is 5.36 Å². The third kappa shape index (κ3) is 10.5. The lowest BCUT2D eigenvalue weighted by molar-refractivity contribution is 0.0201. The normalized spacial score (nSPS) is 11.5. The largest absolute Gasteiger partial charge is 0.452 e. The third-order valence-corrected chi connectivity index (χ3v) is 6.06. The van der Waals surface area contributed by atoms with Crippen LogP contribution in [0.4, 0.5) is 5.69 Å². The van der Waals surface area contributed by atoms with Gasteiger partial charge in [0.15, 0.2) is 24.4 Å². The smallest absolute Gasteiger partial charge is 0.203 e. The summed E-state index contributed by atoms with van der Waals surface area (Å²) in [6, 6.07) is 10.2. The molecule has 0 atom stereocenters. The predicted molar refractivity (Wildman–Crippen MR) is 152 cm³/mol. The highest BCUT2D eigenvalue weighted by molar-refractivity contribution is 5.81. The van der Waals surface area contributed by atoms with Crippen molar-refractivity contribution >= 4 is 16.8 Å². The standard InChI is InChI=1S/C29H43N3O7/c1-5-30-26-22-29-27(20-23(26)2)31-25-7-6-24(21-28(25)39-29)32(8-10-35-16-18-37-14-12-33-3)9-11-36-17-19-38-15-13-34-4/h6-7,20-22H,5,8-19H2,1-4H3/p+1. The molecule has 1 N–H and O–H groups in total. The van der Waals surface area contributed by atoms with Crippen molar-refractivity contribution in [1.29, 1.82) is 0 Å². The Hall–Kier alpha value is -2.60. The van der Waals surface area contributed by atoms with E-state index in [1.807, 2.05) is 18.2 Å². The molecular weight excluding hydrogens is 502 g/mol. The molecule has 0 saturated carbocycles. The number of rotatable bonds is 20. The van der Waals surface area contributed by atoms with Crippen LogP contribution in [0.1, 0.15) is 12.5 Å². The lowest BCUT2D eigenvalue weighted by Gasteiger charge is -2.11. The molecule has 0 aromatic heterocycles. The van der Waals surface area contributed by atoms with Crippen molar-refractivity contribution < 1.29 is 32.8 Å². The Morgan fingerprint density at radius 1 is 0.769 bits per heavy atom. The van der Waals surface area contributed by atoms with Crippen LogP contribution in [0.5, 0.6) is 0 Å². The quantitative estimate of drug-likeness (QED) is 0.130. The Morgan fingerprint density at radius 3 is 1.95 bits per heavy atom. The molecule has 1 aliphatic heterocycles. The summed E-state index contributed by atoms with van der Waals surface area (Å²) in [5.74, 6) is 0.733. The van der Waals surface area contributed by atoms with Crippen LogP contribution in [-0.2, 0) is 28.4 Å². The number of fused-ring (bicyclic) bond motifs is 2. The van der Waals surface area contributed by atoms with Gasteiger partial charge in [-0.1, -0.05) is 0 Å². The Morgan fingerprint density at radius 2 is 1.36 bits per heavy atom. The molecule has 1 aromatic carbocycles. The van der Waals surface area contributed by atoms with Crippen LogP contribution < -0.4 is 15.2 Å². The van der Waals surface area contributed by atoms with E-state index in [2.05, 4.69) is 35.9 Å². The maximum absolute atomic E-state index is 6.31. The first-order valence-corrected chi connectivity index (χ1v) is 13.6. The number of aryl methyl sites for hydroxylation is 1. The molecule has 39 heavy (non-hydrogen) atoms. The lowest BCUT2D eigenvalue weighted by atomic mass is 10.1. The summed E-state index contributed by atoms with van der Waals surface area (Å²) >= 11 is 0. The van der Waals surface area contributed by atoms with E-state index >= 15 is 0 Å². The van der Waals surface area contributed by atoms with Crippen LogP contribution in [-0.4, -0.2) is 105 Å². The molecule has 2 aliphatic rings. The van der Waals surface area contributed by atoms with Crippen molar-refractivity contribution in [3.8, 4) is 11.5 Å². The van der Waals surface area contributed by atoms with Crippen LogP contribution in [0.3, 0.4) is 0 Å². The van der Waals surface area contributed by atoms with Gasteiger partial charge in [0.25, 0.3) is 0 Å². The number of ether oxygens (including phenoxy) is 6. The lowest BCUT2D eigenvalue weighted by Crippen LogP contribution is -2.36. The molecule has 10 nitrogen and oxygen atoms in total. The first-order chi connectivity index (χ1) is 19.2. The summed E-state index contributed by atoms with van der Waals surface area (Å²) in [6.07, 6.45) is 0. The molecule has 0 unspecified atom stereocenters. The zero-order valence-electron chi connectivity index (χ0n) is 23.8. The fourth-order valence-corrected chi connectivity index (χ4v) is 3.99. The topological polar surface area (TPSA) is 96.5 Å². The summed E-state index contributed by atoms with van der Waals surface area (Å²) in [6.45, 7) is 11.9. The average molecular weight is 547 g/mol. The van der Waals surface area contributed by atoms with Crippen LogP contribution in [0.15, 0.2) is 34.7 Å². The summed E-state index contributed by atoms with van der Waals surface area (Å²) < 4.78 is 41.1. The number of benzene rings is 2. The van der Waals surface area contributed by atoms with Crippen LogP contribution in [0.2, 0.25) is 0 Å². The second kappa shape index (κ2) is 17.9. The zero-order valence-corrected chi connectivity index (χ0v) is 23.8. The van der Waals surface area contributed by atoms with Crippen LogP contribution in [0, 0.1) is 6.92 Å². The highest BCUT2D eigenvalue weighted by Crippen LogP contribution is 2.27. The minimum Gasteiger partial charge on any atom is -0.452 e. The second-order valence-electron chi connectivity index (χ2n) is 8.95. The molecule has 216 valence electrons. The number of nitrogens with zero attached hydrogens (tertiary/aromatic N) is 2. The Bertz CT molecular complexity index is 1130. The molecule has 0 spiro atoms. The van der Waals surface area contributed by atoms with Crippen molar-refractivity contribution in [1.82, 2.24) is 9.56 Å². The maximum Gasteiger partial charge on any atom is 0.203 e. The van der Waals surface area contributed by atoms with E-state index < -0.39 is 0 Å². The molecule has 0 bridgehead atoms. The molecular formula is C29H44N3O7+. The number of aromatic nitrogens is 1. The zero-order chi connectivity index (χ0) is 27.7. The van der Waals surface area contributed by atoms with Gasteiger partial charge in [0.1, 0.15) is 24.4 Å². The summed E-state index contributed by atoms with van der Waals surface area (Å²) in [4.78, 5) is 4.84. The van der Waals surface area contributed by atoms with Gasteiger partial charge in [-0.3, -0.25) is 0 Å². The van der Waals surface area contributed by atoms with Gasteiger partial charge in [-0.25, -0.2) is 9.56 Å². The summed E-state index contributed by atoms with van der Waals surface area (Å²) in [7, 11) is 3.32. The molecule has 3 rings (SSSR count). The minimum absolute atomic E-state index is 0.531. The van der Waals surface area contributed by atoms with Gasteiger partial charge < -0.3 is 38.2 Å². The Balaban J connectivity index is 1.72. The van der Waals surface area contributed by atoms with E-state index in [4.69, 9.17) is 37.8 Å². The number of anilines is 1. The third-order valence-electron chi connectivity index (χ3n) is 6.06. The SMILES string of the molecule is CCNc1cc2oc3cc(=[N+](CCOCCOCCOC)CCOCCOCCOC)ccc-3nc2cc1C. The van der Waals surface area contributed by atoms with E-state index in [9.17, 15) is 0 Å². The number of hydrogen-bond donors (Lipinski definition) is 1. The molecule has 1 heterocycles. The Kier molecular flexibility index (Phi) is 14.2. The number of nitrogens with one attached hydrogen (secondary N) is 1. The van der Waals surface area contributed by atoms with E-state index in [0.29, 0.717) is 79.2 Å². The van der Waals surface area contributed by atoms with E-state index in [1.54, 1.807) is 14.2 Å². The minimum atomic E-state index is 0.531. The van der Waals surface area contributed by atoms with E-state index in [-0.39, 0.29) is 0 Å². The first kappa shape index (κ1) is 30.9. The van der Waals surface area contributed by atoms with E-state index in [1.165, 1.54) is 0 Å². The van der Waals surface area contributed by atoms with Crippen molar-refractivity contribution in [3.05, 3.63) is 41.3 Å². The van der Waals surface area contributed by atoms with Crippen molar-refractivity contribution in [3.63, 3.8) is 0 Å². The van der Waals surface area contributed by atoms with Gasteiger partial charge >= 0.3 is 0 Å². The van der Waals surface area contributed by atoms with Gasteiger partial charge in [0, 0.05) is 38.6 Å². The molecule has 0 amide bonds. The highest BCUT2D eigenvalue weighted by Gasteiger charge is 2.14. The maximum atomic E-state index is 6.31. The fraction of sp³-hybridized carbons (Fsp3) is 0.586. The van der Waals surface area contributed by atoms with Gasteiger partial charge in [-0.15, -0.1) is 0 Å². The molecule has 0 fully saturated rings. The fourth-order valence-electron chi connectivity index (χ4n) is 3.99. The highest BCUT2D eigenvalue weighted by atomic mass is 16.5. The molecule has 10 heteroatoms. The van der Waals surface area contributed by atoms with Crippen molar-refractivity contribution in [2.45, 2.75) is 13.8 Å². The molecule has 0 radical (unpaired) electrons. The molecule has 1 aromatic rings. The monoisotopic (exact) mass is 546 g/mol. The van der Waals surface area contributed by atoms with Crippen LogP contribution >= 0.6 is 0 Å². The summed E-state index contributed by atoms with van der Waals surface area (Å²) in [5.41, 5.74) is 4.60. The van der Waals surface area contributed by atoms with E-state index in [0.717, 1.165) is 45.7 Å². The molecule has 1 aliphatic carbocycles. The second-order valence-corrected chi connectivity index (χ2v) is 8.95. The average Bonchev–Trinajstić information content (AvgIpc) is 2.94. The van der Waals surface area contributed by atoms with Gasteiger partial charge in [-0.2, -0.15) is 0 Å². The number of methoxy groups -OCH3 is 2. The van der Waals surface area contributed by atoms with Gasteiger partial charge in [-0.05, 0) is 31.5 Å². The first-order valence-electron chi connectivity index (χ1n) is 13.6. The number of hydrogen-bond acceptors (Lipinski definition) is 9.